The molecule has 5 heteroatoms. The molecule has 1 aliphatic heterocycles. The van der Waals surface area contributed by atoms with Gasteiger partial charge in [0.25, 0.3) is 11.8 Å². The number of phenolic OH excluding ortho intramolecular Hbond substituents is 2. The number of nitrogens with zero attached hydrogens (tertiary/aromatic N) is 1. The maximum atomic E-state index is 13.9. The first-order chi connectivity index (χ1) is 17.4. The average molecular weight is 472 g/mol. The van der Waals surface area contributed by atoms with Crippen molar-refractivity contribution in [3.8, 4) is 11.5 Å². The Bertz CT molecular complexity index is 1760. The van der Waals surface area contributed by atoms with Crippen LogP contribution in [0.4, 0.5) is 0 Å². The summed E-state index contributed by atoms with van der Waals surface area (Å²) < 4.78 is 0. The van der Waals surface area contributed by atoms with Crippen LogP contribution in [0.1, 0.15) is 27.6 Å². The van der Waals surface area contributed by atoms with Crippen molar-refractivity contribution in [1.82, 2.24) is 4.90 Å². The van der Waals surface area contributed by atoms with Crippen LogP contribution >= 0.6 is 0 Å². The lowest BCUT2D eigenvalue weighted by Gasteiger charge is -2.14. The normalized spacial score (nSPS) is 14.1. The van der Waals surface area contributed by atoms with Gasteiger partial charge in [-0.05, 0) is 86.4 Å². The minimum Gasteiger partial charge on any atom is -0.508 e. The van der Waals surface area contributed by atoms with Crippen molar-refractivity contribution in [2.45, 2.75) is 6.92 Å². The summed E-state index contributed by atoms with van der Waals surface area (Å²) in [6.45, 7) is 5.56. The van der Waals surface area contributed by atoms with Gasteiger partial charge in [0.2, 0.25) is 0 Å². The van der Waals surface area contributed by atoms with E-state index in [4.69, 9.17) is 0 Å². The van der Waals surface area contributed by atoms with E-state index in [2.05, 4.69) is 6.58 Å². The van der Waals surface area contributed by atoms with Gasteiger partial charge in [-0.1, -0.05) is 55.1 Å². The standard InChI is InChI=1S/C31H21NO4/c1-3-5-19(6-4-2)32-30(35)28-24-11-7-17-15-20(33)9-13-22(17)26(24)27-23-14-10-21(34)16-18(23)8-12-25(27)29(28)31(32)36/h3-16,33-34H,1H2,2H3/b6-4-,19-5+. The van der Waals surface area contributed by atoms with Crippen molar-refractivity contribution in [2.24, 2.45) is 0 Å². The zero-order valence-corrected chi connectivity index (χ0v) is 19.4. The largest absolute Gasteiger partial charge is 0.508 e. The molecule has 2 amide bonds. The number of carbonyl (C=O) groups is 2. The molecule has 0 radical (unpaired) electrons. The third-order valence-electron chi connectivity index (χ3n) is 6.76. The van der Waals surface area contributed by atoms with Crippen LogP contribution in [0.5, 0.6) is 11.5 Å². The van der Waals surface area contributed by atoms with Crippen LogP contribution in [0.15, 0.2) is 97.2 Å². The first-order valence-electron chi connectivity index (χ1n) is 11.6. The van der Waals surface area contributed by atoms with E-state index in [1.807, 2.05) is 43.3 Å². The van der Waals surface area contributed by atoms with Crippen molar-refractivity contribution in [3.63, 3.8) is 0 Å². The summed E-state index contributed by atoms with van der Waals surface area (Å²) in [6, 6.07) is 17.7. The Balaban J connectivity index is 1.85. The number of phenols is 2. The Morgan fingerprint density at radius 3 is 1.67 bits per heavy atom. The highest BCUT2D eigenvalue weighted by Crippen LogP contribution is 2.45. The zero-order valence-electron chi connectivity index (χ0n) is 19.4. The van der Waals surface area contributed by atoms with E-state index in [1.165, 1.54) is 4.90 Å². The number of rotatable bonds is 3. The average Bonchev–Trinajstić information content (AvgIpc) is 3.13. The summed E-state index contributed by atoms with van der Waals surface area (Å²) >= 11 is 0. The number of hydrogen-bond acceptors (Lipinski definition) is 4. The van der Waals surface area contributed by atoms with E-state index in [0.29, 0.717) is 27.6 Å². The Kier molecular flexibility index (Phi) is 4.70. The van der Waals surface area contributed by atoms with Crippen LogP contribution in [0.25, 0.3) is 43.1 Å². The van der Waals surface area contributed by atoms with Crippen LogP contribution in [0, 0.1) is 0 Å². The van der Waals surface area contributed by atoms with Crippen LogP contribution in [-0.2, 0) is 0 Å². The maximum Gasteiger partial charge on any atom is 0.266 e. The van der Waals surface area contributed by atoms with Crippen molar-refractivity contribution >= 4 is 54.9 Å². The first kappa shape index (κ1) is 21.6. The molecule has 174 valence electrons. The van der Waals surface area contributed by atoms with Crippen LogP contribution in [0.2, 0.25) is 0 Å². The van der Waals surface area contributed by atoms with Gasteiger partial charge in [0.05, 0.1) is 16.8 Å². The van der Waals surface area contributed by atoms with Crippen molar-refractivity contribution in [1.29, 1.82) is 0 Å². The molecule has 6 rings (SSSR count). The fourth-order valence-corrected chi connectivity index (χ4v) is 5.35. The second kappa shape index (κ2) is 7.82. The van der Waals surface area contributed by atoms with Crippen LogP contribution < -0.4 is 0 Å². The van der Waals surface area contributed by atoms with E-state index < -0.39 is 11.8 Å². The number of carbonyl (C=O) groups excluding carboxylic acids is 2. The Morgan fingerprint density at radius 2 is 1.22 bits per heavy atom. The van der Waals surface area contributed by atoms with E-state index in [9.17, 15) is 19.8 Å². The summed E-state index contributed by atoms with van der Waals surface area (Å²) in [5, 5.41) is 26.5. The molecule has 0 aromatic heterocycles. The molecule has 1 aliphatic rings. The summed E-state index contributed by atoms with van der Waals surface area (Å²) in [6.07, 6.45) is 6.68. The lowest BCUT2D eigenvalue weighted by molar-refractivity contribution is 0.0710. The zero-order chi connectivity index (χ0) is 25.1. The molecule has 5 aromatic rings. The van der Waals surface area contributed by atoms with E-state index in [1.54, 1.807) is 48.6 Å². The number of benzene rings is 5. The number of fused-ring (bicyclic) bond motifs is 10. The predicted molar refractivity (Wildman–Crippen MR) is 143 cm³/mol. The van der Waals surface area contributed by atoms with Crippen molar-refractivity contribution in [2.75, 3.05) is 0 Å². The van der Waals surface area contributed by atoms with Gasteiger partial charge in [0.15, 0.2) is 0 Å². The topological polar surface area (TPSA) is 77.8 Å². The maximum absolute atomic E-state index is 13.9. The highest BCUT2D eigenvalue weighted by Gasteiger charge is 2.40. The molecule has 0 unspecified atom stereocenters. The summed E-state index contributed by atoms with van der Waals surface area (Å²) in [5.74, 6) is -0.496. The SMILES string of the molecule is C=C/C=C(\C=C/C)N1C(=O)c2c(c3ccc4cc(O)ccc4c3c3c2ccc2cc(O)ccc23)C1=O. The number of hydrogen-bond donors (Lipinski definition) is 2. The molecule has 2 N–H and O–H groups in total. The molecular weight excluding hydrogens is 450 g/mol. The van der Waals surface area contributed by atoms with Crippen molar-refractivity contribution < 1.29 is 19.8 Å². The molecule has 0 atom stereocenters. The second-order valence-corrected chi connectivity index (χ2v) is 8.81. The van der Waals surface area contributed by atoms with Gasteiger partial charge >= 0.3 is 0 Å². The lowest BCUT2D eigenvalue weighted by atomic mass is 9.87. The van der Waals surface area contributed by atoms with Crippen molar-refractivity contribution in [3.05, 3.63) is 108 Å². The Labute approximate surface area is 206 Å². The van der Waals surface area contributed by atoms with Gasteiger partial charge in [-0.25, -0.2) is 4.90 Å². The van der Waals surface area contributed by atoms with Gasteiger partial charge in [-0.3, -0.25) is 9.59 Å². The smallest absolute Gasteiger partial charge is 0.266 e. The number of amides is 2. The number of aromatic hydroxyl groups is 2. The molecule has 0 fully saturated rings. The molecule has 36 heavy (non-hydrogen) atoms. The fraction of sp³-hybridized carbons (Fsp3) is 0.0323. The number of imide groups is 1. The monoisotopic (exact) mass is 471 g/mol. The third-order valence-corrected chi connectivity index (χ3v) is 6.76. The summed E-state index contributed by atoms with van der Waals surface area (Å²) in [4.78, 5) is 29.0. The molecule has 0 aliphatic carbocycles. The second-order valence-electron chi connectivity index (χ2n) is 8.81. The Morgan fingerprint density at radius 1 is 0.750 bits per heavy atom. The summed E-state index contributed by atoms with van der Waals surface area (Å²) in [7, 11) is 0. The quantitative estimate of drug-likeness (QED) is 0.170. The Hall–Kier alpha value is -4.90. The minimum absolute atomic E-state index is 0.144. The van der Waals surface area contributed by atoms with Gasteiger partial charge in [0.1, 0.15) is 11.5 Å². The molecule has 0 bridgehead atoms. The molecule has 5 aromatic carbocycles. The van der Waals surface area contributed by atoms with Gasteiger partial charge in [-0.2, -0.15) is 0 Å². The molecule has 5 nitrogen and oxygen atoms in total. The highest BCUT2D eigenvalue weighted by atomic mass is 16.3. The third kappa shape index (κ3) is 2.89. The van der Waals surface area contributed by atoms with Crippen LogP contribution in [-0.4, -0.2) is 26.9 Å². The minimum atomic E-state index is -0.392. The van der Waals surface area contributed by atoms with Crippen LogP contribution in [0.3, 0.4) is 0 Å². The van der Waals surface area contributed by atoms with E-state index in [-0.39, 0.29) is 11.5 Å². The number of allylic oxidation sites excluding steroid dienone is 4. The predicted octanol–water partition coefficient (Wildman–Crippen LogP) is 6.95. The fourth-order valence-electron chi connectivity index (χ4n) is 5.35. The van der Waals surface area contributed by atoms with E-state index >= 15 is 0 Å². The van der Waals surface area contributed by atoms with Gasteiger partial charge in [0, 0.05) is 0 Å². The molecule has 1 heterocycles. The molecular formula is C31H21NO4. The molecule has 0 saturated carbocycles. The molecule has 0 saturated heterocycles. The first-order valence-corrected chi connectivity index (χ1v) is 11.6. The van der Waals surface area contributed by atoms with E-state index in [0.717, 1.165) is 32.3 Å². The highest BCUT2D eigenvalue weighted by molar-refractivity contribution is 6.39. The molecule has 0 spiro atoms. The van der Waals surface area contributed by atoms with Gasteiger partial charge in [-0.15, -0.1) is 0 Å². The summed E-state index contributed by atoms with van der Waals surface area (Å²) in [5.41, 5.74) is 1.15. The lowest BCUT2D eigenvalue weighted by Crippen LogP contribution is -2.28. The van der Waals surface area contributed by atoms with Gasteiger partial charge < -0.3 is 10.2 Å².